The molecule has 0 spiro atoms. The summed E-state index contributed by atoms with van der Waals surface area (Å²) in [6.07, 6.45) is 0. The number of rotatable bonds is 3. The number of hydrogen-bond donors (Lipinski definition) is 2. The summed E-state index contributed by atoms with van der Waals surface area (Å²) >= 11 is 2.96. The Hall–Kier alpha value is -2.22. The van der Waals surface area contributed by atoms with Crippen LogP contribution in [0, 0.1) is 21.7 Å². The zero-order valence-corrected chi connectivity index (χ0v) is 11.4. The van der Waals surface area contributed by atoms with Crippen LogP contribution < -0.4 is 11.1 Å². The monoisotopic (exact) mass is 343 g/mol. The minimum atomic E-state index is -0.832. The number of benzene rings is 2. The normalized spacial score (nSPS) is 10.3. The lowest BCUT2D eigenvalue weighted by Gasteiger charge is -2.10. The smallest absolute Gasteiger partial charge is 0.273 e. The van der Waals surface area contributed by atoms with Gasteiger partial charge in [-0.25, -0.2) is 8.78 Å². The molecule has 0 atom stereocenters. The lowest BCUT2D eigenvalue weighted by atomic mass is 10.2. The van der Waals surface area contributed by atoms with Crippen LogP contribution in [-0.4, -0.2) is 4.92 Å². The number of nitrogens with two attached hydrogens (primary N) is 1. The second-order valence-corrected chi connectivity index (χ2v) is 4.86. The number of hydrogen-bond acceptors (Lipinski definition) is 4. The Morgan fingerprint density at radius 1 is 1.15 bits per heavy atom. The van der Waals surface area contributed by atoms with Crippen LogP contribution in [0.15, 0.2) is 34.8 Å². The lowest BCUT2D eigenvalue weighted by molar-refractivity contribution is -0.384. The van der Waals surface area contributed by atoms with Gasteiger partial charge in [0.1, 0.15) is 5.69 Å². The van der Waals surface area contributed by atoms with Gasteiger partial charge in [0.05, 0.1) is 4.92 Å². The Morgan fingerprint density at radius 2 is 1.75 bits per heavy atom. The van der Waals surface area contributed by atoms with Crippen molar-refractivity contribution >= 4 is 38.7 Å². The Bertz CT molecular complexity index is 671. The van der Waals surface area contributed by atoms with Crippen molar-refractivity contribution in [3.63, 3.8) is 0 Å². The largest absolute Gasteiger partial charge is 0.398 e. The van der Waals surface area contributed by atoms with Crippen LogP contribution in [0.25, 0.3) is 0 Å². The van der Waals surface area contributed by atoms with E-state index in [2.05, 4.69) is 21.2 Å². The Morgan fingerprint density at radius 3 is 2.30 bits per heavy atom. The lowest BCUT2D eigenvalue weighted by Crippen LogP contribution is -2.00. The highest BCUT2D eigenvalue weighted by Gasteiger charge is 2.13. The topological polar surface area (TPSA) is 81.2 Å². The van der Waals surface area contributed by atoms with E-state index in [1.807, 2.05) is 0 Å². The molecule has 0 saturated carbocycles. The predicted molar refractivity (Wildman–Crippen MR) is 74.8 cm³/mol. The van der Waals surface area contributed by atoms with Gasteiger partial charge in [-0.05, 0) is 18.2 Å². The first kappa shape index (κ1) is 14.2. The zero-order valence-electron chi connectivity index (χ0n) is 9.86. The minimum absolute atomic E-state index is 0.111. The van der Waals surface area contributed by atoms with E-state index in [0.717, 1.165) is 24.3 Å². The molecule has 0 bridgehead atoms. The first-order chi connectivity index (χ1) is 9.36. The van der Waals surface area contributed by atoms with Crippen LogP contribution in [0.5, 0.6) is 0 Å². The fraction of sp³-hybridized carbons (Fsp3) is 0. The van der Waals surface area contributed by atoms with Crippen LogP contribution in [-0.2, 0) is 0 Å². The van der Waals surface area contributed by atoms with Crippen LogP contribution in [0.4, 0.5) is 31.5 Å². The molecule has 0 aromatic heterocycles. The maximum absolute atomic E-state index is 13.7. The van der Waals surface area contributed by atoms with E-state index in [1.54, 1.807) is 0 Å². The summed E-state index contributed by atoms with van der Waals surface area (Å²) in [7, 11) is 0. The molecule has 0 unspecified atom stereocenters. The standard InChI is InChI=1S/C12H8BrF2N3O2/c13-6-1-10(14)12(11(15)2-6)17-8-3-7(16)4-9(5-8)18(19)20/h1-5,17H,16H2. The molecule has 2 rings (SSSR count). The molecule has 0 amide bonds. The molecule has 8 heteroatoms. The summed E-state index contributed by atoms with van der Waals surface area (Å²) in [5.41, 5.74) is 5.06. The van der Waals surface area contributed by atoms with E-state index >= 15 is 0 Å². The van der Waals surface area contributed by atoms with Gasteiger partial charge in [0, 0.05) is 28.0 Å². The van der Waals surface area contributed by atoms with E-state index in [9.17, 15) is 18.9 Å². The molecule has 5 nitrogen and oxygen atoms in total. The quantitative estimate of drug-likeness (QED) is 0.502. The van der Waals surface area contributed by atoms with Crippen molar-refractivity contribution in [1.29, 1.82) is 0 Å². The molecule has 0 fully saturated rings. The minimum Gasteiger partial charge on any atom is -0.398 e. The summed E-state index contributed by atoms with van der Waals surface area (Å²) in [5.74, 6) is -1.66. The van der Waals surface area contributed by atoms with Gasteiger partial charge in [-0.2, -0.15) is 0 Å². The fourth-order valence-electron chi connectivity index (χ4n) is 1.62. The molecule has 0 aliphatic carbocycles. The number of nitro groups is 1. The van der Waals surface area contributed by atoms with E-state index in [4.69, 9.17) is 5.73 Å². The van der Waals surface area contributed by atoms with Gasteiger partial charge < -0.3 is 11.1 Å². The van der Waals surface area contributed by atoms with Crippen molar-refractivity contribution in [2.24, 2.45) is 0 Å². The average Bonchev–Trinajstić information content (AvgIpc) is 2.33. The molecule has 3 N–H and O–H groups in total. The molecular weight excluding hydrogens is 336 g/mol. The van der Waals surface area contributed by atoms with Crippen molar-refractivity contribution in [3.05, 3.63) is 56.6 Å². The Balaban J connectivity index is 2.42. The van der Waals surface area contributed by atoms with E-state index < -0.39 is 22.2 Å². The highest BCUT2D eigenvalue weighted by atomic mass is 79.9. The highest BCUT2D eigenvalue weighted by Crippen LogP contribution is 2.29. The molecule has 0 aliphatic rings. The molecule has 0 heterocycles. The van der Waals surface area contributed by atoms with Crippen molar-refractivity contribution in [1.82, 2.24) is 0 Å². The number of nitrogens with zero attached hydrogens (tertiary/aromatic N) is 1. The highest BCUT2D eigenvalue weighted by molar-refractivity contribution is 9.10. The Labute approximate surface area is 120 Å². The molecule has 2 aromatic carbocycles. The average molecular weight is 344 g/mol. The second kappa shape index (κ2) is 5.41. The predicted octanol–water partition coefficient (Wildman–Crippen LogP) is 3.96. The number of non-ortho nitro benzene ring substituents is 1. The van der Waals surface area contributed by atoms with Gasteiger partial charge in [-0.1, -0.05) is 15.9 Å². The first-order valence-corrected chi connectivity index (χ1v) is 6.12. The number of nitrogen functional groups attached to an aromatic ring is 1. The SMILES string of the molecule is Nc1cc(Nc2c(F)cc(Br)cc2F)cc([N+](=O)[O-])c1. The van der Waals surface area contributed by atoms with Gasteiger partial charge in [0.2, 0.25) is 0 Å². The third kappa shape index (κ3) is 3.02. The van der Waals surface area contributed by atoms with Gasteiger partial charge >= 0.3 is 0 Å². The molecule has 104 valence electrons. The molecule has 2 aromatic rings. The summed E-state index contributed by atoms with van der Waals surface area (Å²) in [6.45, 7) is 0. The first-order valence-electron chi connectivity index (χ1n) is 5.33. The summed E-state index contributed by atoms with van der Waals surface area (Å²) in [5, 5.41) is 13.2. The third-order valence-corrected chi connectivity index (χ3v) is 2.88. The Kier molecular flexibility index (Phi) is 3.84. The van der Waals surface area contributed by atoms with Crippen LogP contribution in [0.1, 0.15) is 0 Å². The maximum Gasteiger partial charge on any atom is 0.273 e. The van der Waals surface area contributed by atoms with Crippen LogP contribution in [0.3, 0.4) is 0 Å². The van der Waals surface area contributed by atoms with Gasteiger partial charge in [-0.3, -0.25) is 10.1 Å². The number of anilines is 3. The van der Waals surface area contributed by atoms with Crippen molar-refractivity contribution in [3.8, 4) is 0 Å². The van der Waals surface area contributed by atoms with Gasteiger partial charge in [-0.15, -0.1) is 0 Å². The molecule has 20 heavy (non-hydrogen) atoms. The van der Waals surface area contributed by atoms with E-state index in [1.165, 1.54) is 6.07 Å². The van der Waals surface area contributed by atoms with Crippen molar-refractivity contribution in [2.45, 2.75) is 0 Å². The summed E-state index contributed by atoms with van der Waals surface area (Å²) in [4.78, 5) is 10.1. The van der Waals surface area contributed by atoms with Crippen molar-refractivity contribution in [2.75, 3.05) is 11.1 Å². The summed E-state index contributed by atoms with van der Waals surface area (Å²) < 4.78 is 27.6. The van der Waals surface area contributed by atoms with Crippen LogP contribution >= 0.6 is 15.9 Å². The van der Waals surface area contributed by atoms with E-state index in [0.29, 0.717) is 0 Å². The second-order valence-electron chi connectivity index (χ2n) is 3.94. The van der Waals surface area contributed by atoms with Gasteiger partial charge in [0.15, 0.2) is 11.6 Å². The number of halogens is 3. The third-order valence-electron chi connectivity index (χ3n) is 2.43. The maximum atomic E-state index is 13.7. The number of nitro benzene ring substituents is 1. The number of nitrogens with one attached hydrogen (secondary N) is 1. The fourth-order valence-corrected chi connectivity index (χ4v) is 2.02. The molecule has 0 radical (unpaired) electrons. The van der Waals surface area contributed by atoms with Gasteiger partial charge in [0.25, 0.3) is 5.69 Å². The molecule has 0 saturated heterocycles. The molecular formula is C12H8BrF2N3O2. The van der Waals surface area contributed by atoms with Crippen LogP contribution in [0.2, 0.25) is 0 Å². The summed E-state index contributed by atoms with van der Waals surface area (Å²) in [6, 6.07) is 5.78. The molecule has 0 aliphatic heterocycles. The zero-order chi connectivity index (χ0) is 14.9. The van der Waals surface area contributed by atoms with E-state index in [-0.39, 0.29) is 21.5 Å². The van der Waals surface area contributed by atoms with Crippen molar-refractivity contribution < 1.29 is 13.7 Å².